The summed E-state index contributed by atoms with van der Waals surface area (Å²) in [6.07, 6.45) is 4.05. The third kappa shape index (κ3) is 4.65. The summed E-state index contributed by atoms with van der Waals surface area (Å²) in [5.41, 5.74) is 3.10. The molecule has 156 valence electrons. The highest BCUT2D eigenvalue weighted by Crippen LogP contribution is 2.49. The number of hydrogen-bond donors (Lipinski definition) is 2. The van der Waals surface area contributed by atoms with Gasteiger partial charge in [0.25, 0.3) is 0 Å². The van der Waals surface area contributed by atoms with Crippen LogP contribution in [0.15, 0.2) is 24.3 Å². The Morgan fingerprint density at radius 1 is 0.966 bits per heavy atom. The molecule has 6 heteroatoms. The van der Waals surface area contributed by atoms with Crippen LogP contribution in [0.5, 0.6) is 23.0 Å². The topological polar surface area (TPSA) is 85.2 Å². The molecule has 0 saturated heterocycles. The van der Waals surface area contributed by atoms with Crippen LogP contribution in [0.1, 0.15) is 43.7 Å². The van der Waals surface area contributed by atoms with E-state index in [9.17, 15) is 15.0 Å². The second kappa shape index (κ2) is 9.18. The lowest BCUT2D eigenvalue weighted by atomic mass is 9.95. The molecule has 0 fully saturated rings. The van der Waals surface area contributed by atoms with Crippen molar-refractivity contribution in [2.45, 2.75) is 51.6 Å². The second-order valence-electron chi connectivity index (χ2n) is 7.36. The third-order valence-electron chi connectivity index (χ3n) is 5.27. The van der Waals surface area contributed by atoms with Gasteiger partial charge in [0.2, 0.25) is 5.75 Å². The molecular weight excluding hydrogens is 372 g/mol. The van der Waals surface area contributed by atoms with Crippen molar-refractivity contribution in [3.05, 3.63) is 35.4 Å². The van der Waals surface area contributed by atoms with Crippen molar-refractivity contribution < 1.29 is 29.2 Å². The van der Waals surface area contributed by atoms with E-state index in [1.54, 1.807) is 6.07 Å². The Hall–Kier alpha value is -2.73. The lowest BCUT2D eigenvalue weighted by Crippen LogP contribution is -2.09. The van der Waals surface area contributed by atoms with Gasteiger partial charge in [0.15, 0.2) is 11.5 Å². The van der Waals surface area contributed by atoms with Crippen LogP contribution in [0.4, 0.5) is 0 Å². The maximum Gasteiger partial charge on any atom is 0.308 e. The molecule has 0 aliphatic heterocycles. The first kappa shape index (κ1) is 21.0. The van der Waals surface area contributed by atoms with E-state index in [0.717, 1.165) is 24.0 Å². The number of rotatable bonds is 3. The number of carbonyl (C=O) groups excluding carboxylic acids is 1. The lowest BCUT2D eigenvalue weighted by Gasteiger charge is -2.20. The van der Waals surface area contributed by atoms with Crippen molar-refractivity contribution in [1.82, 2.24) is 0 Å². The van der Waals surface area contributed by atoms with Crippen molar-refractivity contribution >= 4 is 5.97 Å². The average Bonchev–Trinajstić information content (AvgIpc) is 2.70. The number of aliphatic hydroxyl groups is 1. The number of aryl methyl sites for hydroxylation is 2. The summed E-state index contributed by atoms with van der Waals surface area (Å²) in [6.45, 7) is 1.35. The Labute approximate surface area is 171 Å². The van der Waals surface area contributed by atoms with Crippen LogP contribution in [0.25, 0.3) is 11.1 Å². The molecular formula is C23H28O6. The van der Waals surface area contributed by atoms with Crippen molar-refractivity contribution in [2.75, 3.05) is 14.2 Å². The molecule has 0 aromatic heterocycles. The predicted molar refractivity (Wildman–Crippen MR) is 110 cm³/mol. The number of benzene rings is 2. The molecule has 0 spiro atoms. The molecule has 6 nitrogen and oxygen atoms in total. The number of aliphatic hydroxyl groups excluding tert-OH is 1. The van der Waals surface area contributed by atoms with Crippen LogP contribution in [-0.4, -0.2) is 36.5 Å². The molecule has 2 N–H and O–H groups in total. The maximum atomic E-state index is 11.7. The van der Waals surface area contributed by atoms with Gasteiger partial charge in [0.1, 0.15) is 5.75 Å². The minimum absolute atomic E-state index is 0.121. The van der Waals surface area contributed by atoms with Gasteiger partial charge < -0.3 is 24.4 Å². The lowest BCUT2D eigenvalue weighted by molar-refractivity contribution is -0.132. The number of hydrogen-bond acceptors (Lipinski definition) is 6. The Bertz CT molecular complexity index is 889. The average molecular weight is 400 g/mol. The SMILES string of the molecule is COc1c2cc(c(OC(C)=O)c1OC)CCCCC(O)CCc1ccc(O)c-2c1. The fourth-order valence-electron chi connectivity index (χ4n) is 3.83. The van der Waals surface area contributed by atoms with E-state index in [1.807, 2.05) is 18.2 Å². The summed E-state index contributed by atoms with van der Waals surface area (Å²) in [7, 11) is 3.02. The number of aromatic hydroxyl groups is 1. The summed E-state index contributed by atoms with van der Waals surface area (Å²) in [4.78, 5) is 11.7. The monoisotopic (exact) mass is 400 g/mol. The van der Waals surface area contributed by atoms with Gasteiger partial charge in [-0.25, -0.2) is 0 Å². The molecule has 0 heterocycles. The Morgan fingerprint density at radius 3 is 2.41 bits per heavy atom. The van der Waals surface area contributed by atoms with E-state index < -0.39 is 5.97 Å². The number of phenols is 1. The number of esters is 1. The first-order chi connectivity index (χ1) is 13.9. The summed E-state index contributed by atoms with van der Waals surface area (Å²) in [6, 6.07) is 7.32. The largest absolute Gasteiger partial charge is 0.507 e. The van der Waals surface area contributed by atoms with Crippen LogP contribution in [0, 0.1) is 0 Å². The summed E-state index contributed by atoms with van der Waals surface area (Å²) in [5.74, 6) is 0.740. The molecule has 2 aromatic rings. The van der Waals surface area contributed by atoms with Crippen molar-refractivity contribution in [2.24, 2.45) is 0 Å². The molecule has 0 saturated carbocycles. The van der Waals surface area contributed by atoms with E-state index in [-0.39, 0.29) is 11.9 Å². The molecule has 0 amide bonds. The third-order valence-corrected chi connectivity index (χ3v) is 5.27. The zero-order chi connectivity index (χ0) is 21.0. The molecule has 1 unspecified atom stereocenters. The number of methoxy groups -OCH3 is 2. The van der Waals surface area contributed by atoms with E-state index >= 15 is 0 Å². The summed E-state index contributed by atoms with van der Waals surface area (Å²) in [5, 5.41) is 20.8. The highest BCUT2D eigenvalue weighted by molar-refractivity contribution is 5.83. The normalized spacial score (nSPS) is 16.8. The van der Waals surface area contributed by atoms with Crippen molar-refractivity contribution in [1.29, 1.82) is 0 Å². The molecule has 2 aromatic carbocycles. The highest BCUT2D eigenvalue weighted by atomic mass is 16.6. The van der Waals surface area contributed by atoms with Gasteiger partial charge in [-0.1, -0.05) is 12.5 Å². The number of carbonyl (C=O) groups is 1. The van der Waals surface area contributed by atoms with E-state index in [1.165, 1.54) is 21.1 Å². The second-order valence-corrected chi connectivity index (χ2v) is 7.36. The quantitative estimate of drug-likeness (QED) is 0.598. The van der Waals surface area contributed by atoms with Crippen LogP contribution in [0.2, 0.25) is 0 Å². The summed E-state index contributed by atoms with van der Waals surface area (Å²) >= 11 is 0. The predicted octanol–water partition coefficient (Wildman–Crippen LogP) is 4.02. The Balaban J connectivity index is 2.26. The van der Waals surface area contributed by atoms with Crippen LogP contribution in [0.3, 0.4) is 0 Å². The van der Waals surface area contributed by atoms with Crippen molar-refractivity contribution in [3.63, 3.8) is 0 Å². The van der Waals surface area contributed by atoms with Gasteiger partial charge in [0.05, 0.1) is 20.3 Å². The maximum absolute atomic E-state index is 11.7. The summed E-state index contributed by atoms with van der Waals surface area (Å²) < 4.78 is 16.7. The zero-order valence-electron chi connectivity index (χ0n) is 17.2. The van der Waals surface area contributed by atoms with E-state index in [2.05, 4.69) is 0 Å². The molecule has 1 aliphatic rings. The molecule has 0 radical (unpaired) electrons. The minimum Gasteiger partial charge on any atom is -0.507 e. The van der Waals surface area contributed by atoms with E-state index in [0.29, 0.717) is 54.1 Å². The smallest absolute Gasteiger partial charge is 0.308 e. The van der Waals surface area contributed by atoms with Crippen LogP contribution in [-0.2, 0) is 17.6 Å². The number of fused-ring (bicyclic) bond motifs is 5. The van der Waals surface area contributed by atoms with Gasteiger partial charge in [-0.2, -0.15) is 0 Å². The molecule has 1 aliphatic carbocycles. The first-order valence-electron chi connectivity index (χ1n) is 9.91. The molecule has 29 heavy (non-hydrogen) atoms. The number of phenolic OH excluding ortho intramolecular Hbond substituents is 1. The zero-order valence-corrected chi connectivity index (χ0v) is 17.2. The highest BCUT2D eigenvalue weighted by Gasteiger charge is 2.25. The Kier molecular flexibility index (Phi) is 6.64. The molecule has 1 atom stereocenters. The number of ether oxygens (including phenoxy) is 3. The minimum atomic E-state index is -0.447. The van der Waals surface area contributed by atoms with Crippen LogP contribution >= 0.6 is 0 Å². The standard InChI is InChI=1S/C23H28O6/c1-14(24)29-21-16-6-4-5-7-17(25)10-8-15-9-11-20(26)18(12-15)19(13-16)22(27-2)23(21)28-3/h9,11-13,17,25-26H,4-8,10H2,1-3H3. The Morgan fingerprint density at radius 2 is 1.72 bits per heavy atom. The van der Waals surface area contributed by atoms with Gasteiger partial charge in [-0.15, -0.1) is 0 Å². The molecule has 3 rings (SSSR count). The van der Waals surface area contributed by atoms with Gasteiger partial charge in [-0.05, 0) is 61.4 Å². The first-order valence-corrected chi connectivity index (χ1v) is 9.91. The molecule has 4 bridgehead atoms. The van der Waals surface area contributed by atoms with Gasteiger partial charge in [-0.3, -0.25) is 4.79 Å². The van der Waals surface area contributed by atoms with Gasteiger partial charge in [0, 0.05) is 18.1 Å². The van der Waals surface area contributed by atoms with Crippen molar-refractivity contribution in [3.8, 4) is 34.1 Å². The fourth-order valence-corrected chi connectivity index (χ4v) is 3.83. The van der Waals surface area contributed by atoms with Crippen LogP contribution < -0.4 is 14.2 Å². The van der Waals surface area contributed by atoms with E-state index in [4.69, 9.17) is 14.2 Å². The van der Waals surface area contributed by atoms with Gasteiger partial charge >= 0.3 is 5.97 Å². The fraction of sp³-hybridized carbons (Fsp3) is 0.435.